The lowest BCUT2D eigenvalue weighted by Crippen LogP contribution is -2.29. The van der Waals surface area contributed by atoms with Gasteiger partial charge in [-0.2, -0.15) is 0 Å². The van der Waals surface area contributed by atoms with Gasteiger partial charge in [-0.15, -0.1) is 0 Å². The molecular weight excluding hydrogens is 598 g/mol. The molecule has 3 heterocycles. The number of nitrogens with one attached hydrogen (secondary N) is 2. The lowest BCUT2D eigenvalue weighted by atomic mass is 9.96. The van der Waals surface area contributed by atoms with Gasteiger partial charge in [-0.1, -0.05) is 33.6 Å². The summed E-state index contributed by atoms with van der Waals surface area (Å²) in [6, 6.07) is 21.5. The van der Waals surface area contributed by atoms with Crippen molar-refractivity contribution in [1.29, 1.82) is 0 Å². The topological polar surface area (TPSA) is 71.4 Å². The summed E-state index contributed by atoms with van der Waals surface area (Å²) in [4.78, 5) is 18.8. The maximum Gasteiger partial charge on any atom is 0.250 e. The van der Waals surface area contributed by atoms with E-state index in [0.29, 0.717) is 15.8 Å². The highest BCUT2D eigenvalue weighted by Gasteiger charge is 2.42. The fourth-order valence-electron chi connectivity index (χ4n) is 5.10. The van der Waals surface area contributed by atoms with Crippen LogP contribution in [0.2, 0.25) is 5.02 Å². The van der Waals surface area contributed by atoms with E-state index < -0.39 is 0 Å². The van der Waals surface area contributed by atoms with Crippen LogP contribution >= 0.6 is 39.7 Å². The molecule has 200 valence electrons. The molecule has 1 fully saturated rings. The Morgan fingerprint density at radius 1 is 1.13 bits per heavy atom. The molecule has 2 atom stereocenters. The highest BCUT2D eigenvalue weighted by molar-refractivity contribution is 9.10. The van der Waals surface area contributed by atoms with Crippen LogP contribution in [0.5, 0.6) is 0 Å². The smallest absolute Gasteiger partial charge is 0.250 e. The second kappa shape index (κ2) is 11.5. The number of carbonyl (C=O) groups is 1. The third-order valence-corrected chi connectivity index (χ3v) is 7.91. The first-order valence-corrected chi connectivity index (χ1v) is 13.9. The van der Waals surface area contributed by atoms with Crippen molar-refractivity contribution >= 4 is 62.1 Å². The van der Waals surface area contributed by atoms with Crippen LogP contribution in [0.3, 0.4) is 0 Å². The number of thiocarbonyl (C=S) groups is 1. The van der Waals surface area contributed by atoms with Crippen LogP contribution in [0, 0.1) is 13.8 Å². The molecule has 4 aromatic rings. The molecule has 0 saturated carbocycles. The van der Waals surface area contributed by atoms with Crippen molar-refractivity contribution in [1.82, 2.24) is 14.9 Å². The Hall–Kier alpha value is -3.24. The van der Waals surface area contributed by atoms with Gasteiger partial charge in [-0.3, -0.25) is 9.78 Å². The van der Waals surface area contributed by atoms with E-state index in [0.717, 1.165) is 38.5 Å². The number of halogens is 2. The zero-order valence-electron chi connectivity index (χ0n) is 21.6. The number of carbonyl (C=O) groups excluding carboxylic acids is 1. The minimum absolute atomic E-state index is 0.0555. The predicted octanol–water partition coefficient (Wildman–Crippen LogP) is 6.67. The number of aryl methyl sites for hydroxylation is 1. The minimum atomic E-state index is -0.279. The number of nitrogens with zero attached hydrogens (tertiary/aromatic N) is 3. The first-order chi connectivity index (χ1) is 18.8. The van der Waals surface area contributed by atoms with Crippen molar-refractivity contribution in [3.63, 3.8) is 0 Å². The van der Waals surface area contributed by atoms with Crippen LogP contribution in [0.1, 0.15) is 34.7 Å². The normalized spacial score (nSPS) is 16.8. The summed E-state index contributed by atoms with van der Waals surface area (Å²) >= 11 is 16.1. The lowest BCUT2D eigenvalue weighted by Gasteiger charge is -2.28. The molecule has 39 heavy (non-hydrogen) atoms. The van der Waals surface area contributed by atoms with Gasteiger partial charge in [0.05, 0.1) is 28.5 Å². The third kappa shape index (κ3) is 5.45. The monoisotopic (exact) mass is 623 g/mol. The number of ether oxygens (including phenoxy) is 1. The highest BCUT2D eigenvalue weighted by Crippen LogP contribution is 2.44. The Labute approximate surface area is 246 Å². The number of pyridine rings is 1. The van der Waals surface area contributed by atoms with E-state index in [1.165, 1.54) is 7.11 Å². The number of aromatic nitrogens is 2. The summed E-state index contributed by atoms with van der Waals surface area (Å²) in [6.07, 6.45) is 1.79. The molecule has 0 unspecified atom stereocenters. The second-order valence-corrected chi connectivity index (χ2v) is 11.0. The predicted molar refractivity (Wildman–Crippen MR) is 163 cm³/mol. The molecule has 1 amide bonds. The Balaban J connectivity index is 1.60. The maximum absolute atomic E-state index is 12.1. The van der Waals surface area contributed by atoms with E-state index in [9.17, 15) is 4.79 Å². The number of hydrogen-bond acceptors (Lipinski definition) is 4. The fourth-order valence-corrected chi connectivity index (χ4v) is 5.93. The summed E-state index contributed by atoms with van der Waals surface area (Å²) in [7, 11) is 1.47. The van der Waals surface area contributed by atoms with Crippen LogP contribution in [0.4, 0.5) is 11.4 Å². The molecule has 1 aliphatic rings. The molecule has 2 aromatic carbocycles. The molecule has 2 N–H and O–H groups in total. The van der Waals surface area contributed by atoms with Gasteiger partial charge in [-0.05, 0) is 92.3 Å². The molecule has 2 aromatic heterocycles. The first-order valence-electron chi connectivity index (χ1n) is 12.3. The second-order valence-electron chi connectivity index (χ2n) is 9.28. The van der Waals surface area contributed by atoms with Crippen molar-refractivity contribution in [3.8, 4) is 5.69 Å². The van der Waals surface area contributed by atoms with E-state index in [4.69, 9.17) is 28.6 Å². The van der Waals surface area contributed by atoms with Gasteiger partial charge >= 0.3 is 0 Å². The molecule has 7 nitrogen and oxygen atoms in total. The summed E-state index contributed by atoms with van der Waals surface area (Å²) in [6.45, 7) is 4.18. The Morgan fingerprint density at radius 2 is 1.87 bits per heavy atom. The van der Waals surface area contributed by atoms with Crippen molar-refractivity contribution in [2.24, 2.45) is 0 Å². The fraction of sp³-hybridized carbons (Fsp3) is 0.207. The van der Waals surface area contributed by atoms with Crippen LogP contribution < -0.4 is 15.5 Å². The van der Waals surface area contributed by atoms with Crippen LogP contribution in [0.15, 0.2) is 77.4 Å². The number of anilines is 2. The van der Waals surface area contributed by atoms with Crippen LogP contribution in [-0.4, -0.2) is 34.3 Å². The van der Waals surface area contributed by atoms with Gasteiger partial charge in [0.1, 0.15) is 6.61 Å². The van der Waals surface area contributed by atoms with Crippen molar-refractivity contribution < 1.29 is 9.53 Å². The van der Waals surface area contributed by atoms with Crippen LogP contribution in [0.25, 0.3) is 5.69 Å². The first kappa shape index (κ1) is 27.3. The third-order valence-electron chi connectivity index (χ3n) is 6.75. The zero-order valence-corrected chi connectivity index (χ0v) is 24.8. The average molecular weight is 625 g/mol. The molecule has 0 spiro atoms. The molecule has 0 bridgehead atoms. The molecule has 1 aliphatic heterocycles. The molecule has 0 aliphatic carbocycles. The molecule has 10 heteroatoms. The van der Waals surface area contributed by atoms with E-state index >= 15 is 0 Å². The van der Waals surface area contributed by atoms with Crippen molar-refractivity contribution in [2.75, 3.05) is 23.9 Å². The summed E-state index contributed by atoms with van der Waals surface area (Å²) < 4.78 is 8.19. The van der Waals surface area contributed by atoms with Gasteiger partial charge in [-0.25, -0.2) is 0 Å². The number of hydrogen-bond donors (Lipinski definition) is 2. The van der Waals surface area contributed by atoms with E-state index in [1.807, 2.05) is 42.5 Å². The summed E-state index contributed by atoms with van der Waals surface area (Å²) in [5, 5.41) is 7.25. The van der Waals surface area contributed by atoms with Gasteiger partial charge in [0.2, 0.25) is 5.91 Å². The molecule has 0 radical (unpaired) electrons. The van der Waals surface area contributed by atoms with Gasteiger partial charge < -0.3 is 24.8 Å². The Bertz CT molecular complexity index is 1530. The largest absolute Gasteiger partial charge is 0.375 e. The summed E-state index contributed by atoms with van der Waals surface area (Å²) in [5.41, 5.74) is 6.60. The number of amides is 1. The standard InChI is InChI=1S/C29H27BrClN5O2S/c1-17-14-22(18(2)35(17)20-9-7-19(30)8-10-20)28-27(25-6-4-5-13-32-25)34-29(39)36(28)21-11-12-24(23(31)15-21)33-26(37)16-38-3/h4-15,27-28H,16H2,1-3H3,(H,33,37)(H,34,39)/t27-,28+/m1/s1. The minimum Gasteiger partial charge on any atom is -0.375 e. The molecule has 1 saturated heterocycles. The Kier molecular flexibility index (Phi) is 8.04. The quantitative estimate of drug-likeness (QED) is 0.224. The van der Waals surface area contributed by atoms with Crippen molar-refractivity contribution in [2.45, 2.75) is 25.9 Å². The van der Waals surface area contributed by atoms with E-state index in [-0.39, 0.29) is 24.6 Å². The highest BCUT2D eigenvalue weighted by atomic mass is 79.9. The molecule has 5 rings (SSSR count). The SMILES string of the molecule is COCC(=O)Nc1ccc(N2C(=S)N[C@H](c3ccccn3)[C@@H]2c2cc(C)n(-c3ccc(Br)cc3)c2C)cc1Cl. The maximum atomic E-state index is 12.1. The number of rotatable bonds is 7. The van der Waals surface area contributed by atoms with Crippen molar-refractivity contribution in [3.05, 3.63) is 105 Å². The number of benzene rings is 2. The van der Waals surface area contributed by atoms with E-state index in [2.05, 4.69) is 73.1 Å². The van der Waals surface area contributed by atoms with E-state index in [1.54, 1.807) is 12.3 Å². The van der Waals surface area contributed by atoms with Gasteiger partial charge in [0.25, 0.3) is 0 Å². The zero-order chi connectivity index (χ0) is 27.7. The average Bonchev–Trinajstić information content (AvgIpc) is 3.41. The Morgan fingerprint density at radius 3 is 2.54 bits per heavy atom. The number of methoxy groups -OCH3 is 1. The summed E-state index contributed by atoms with van der Waals surface area (Å²) in [5.74, 6) is -0.279. The molecular formula is C29H27BrClN5O2S. The van der Waals surface area contributed by atoms with Gasteiger partial charge in [0, 0.05) is 40.5 Å². The van der Waals surface area contributed by atoms with Crippen LogP contribution in [-0.2, 0) is 9.53 Å². The lowest BCUT2D eigenvalue weighted by molar-refractivity contribution is -0.119. The van der Waals surface area contributed by atoms with Gasteiger partial charge in [0.15, 0.2) is 5.11 Å².